The first-order valence-corrected chi connectivity index (χ1v) is 4.10. The molecule has 0 aliphatic carbocycles. The molecule has 0 saturated heterocycles. The molecule has 1 nitrogen and oxygen atoms in total. The summed E-state index contributed by atoms with van der Waals surface area (Å²) in [6, 6.07) is 1.52. The predicted molar refractivity (Wildman–Crippen MR) is 39.7 cm³/mol. The van der Waals surface area contributed by atoms with E-state index in [2.05, 4.69) is 0 Å². The van der Waals surface area contributed by atoms with Gasteiger partial charge in [0.15, 0.2) is 6.29 Å². The van der Waals surface area contributed by atoms with Crippen LogP contribution in [0.1, 0.15) is 14.5 Å². The number of aldehydes is 1. The number of carbonyl (C=O) groups is 1. The lowest BCUT2D eigenvalue weighted by molar-refractivity contribution is -0.287. The van der Waals surface area contributed by atoms with Crippen molar-refractivity contribution in [3.05, 3.63) is 21.9 Å². The average Bonchev–Trinajstić information content (AvgIpc) is 2.49. The highest BCUT2D eigenvalue weighted by molar-refractivity contribution is 7.13. The van der Waals surface area contributed by atoms with Crippen LogP contribution in [0.25, 0.3) is 0 Å². The summed E-state index contributed by atoms with van der Waals surface area (Å²) >= 11 is 0.129. The molecular formula is C7H3F5OS. The van der Waals surface area contributed by atoms with E-state index in [4.69, 9.17) is 0 Å². The van der Waals surface area contributed by atoms with Crippen molar-refractivity contribution in [1.29, 1.82) is 0 Å². The van der Waals surface area contributed by atoms with Crippen LogP contribution in [0.4, 0.5) is 22.0 Å². The van der Waals surface area contributed by atoms with Crippen LogP contribution in [-0.2, 0) is 5.92 Å². The summed E-state index contributed by atoms with van der Waals surface area (Å²) < 4.78 is 60.6. The lowest BCUT2D eigenvalue weighted by Gasteiger charge is -2.17. The van der Waals surface area contributed by atoms with Crippen LogP contribution >= 0.6 is 11.3 Å². The van der Waals surface area contributed by atoms with Gasteiger partial charge in [-0.25, -0.2) is 0 Å². The number of halogens is 5. The van der Waals surface area contributed by atoms with Crippen molar-refractivity contribution < 1.29 is 26.7 Å². The van der Waals surface area contributed by atoms with E-state index in [1.807, 2.05) is 0 Å². The number of carbonyl (C=O) groups excluding carboxylic acids is 1. The summed E-state index contributed by atoms with van der Waals surface area (Å²) in [6.45, 7) is 0. The van der Waals surface area contributed by atoms with Crippen molar-refractivity contribution >= 4 is 17.6 Å². The van der Waals surface area contributed by atoms with Crippen LogP contribution in [0.15, 0.2) is 12.1 Å². The van der Waals surface area contributed by atoms with Gasteiger partial charge < -0.3 is 0 Å². The van der Waals surface area contributed by atoms with Crippen molar-refractivity contribution in [2.45, 2.75) is 12.1 Å². The van der Waals surface area contributed by atoms with Gasteiger partial charge in [-0.2, -0.15) is 22.0 Å². The van der Waals surface area contributed by atoms with Crippen LogP contribution in [0, 0.1) is 0 Å². The first-order valence-electron chi connectivity index (χ1n) is 3.29. The molecule has 0 aliphatic heterocycles. The highest BCUT2D eigenvalue weighted by atomic mass is 32.1. The molecule has 0 unspecified atom stereocenters. The molecule has 0 N–H and O–H groups in total. The van der Waals surface area contributed by atoms with E-state index in [1.165, 1.54) is 0 Å². The molecule has 0 spiro atoms. The van der Waals surface area contributed by atoms with Crippen LogP contribution in [-0.4, -0.2) is 12.5 Å². The third kappa shape index (κ3) is 1.77. The lowest BCUT2D eigenvalue weighted by atomic mass is 10.2. The molecule has 78 valence electrons. The molecule has 0 atom stereocenters. The summed E-state index contributed by atoms with van der Waals surface area (Å²) in [5.41, 5.74) is 0. The highest BCUT2D eigenvalue weighted by Crippen LogP contribution is 2.45. The van der Waals surface area contributed by atoms with E-state index in [0.29, 0.717) is 6.07 Å². The zero-order valence-corrected chi connectivity index (χ0v) is 7.25. The van der Waals surface area contributed by atoms with Crippen molar-refractivity contribution in [3.63, 3.8) is 0 Å². The maximum atomic E-state index is 12.6. The molecule has 0 amide bonds. The van der Waals surface area contributed by atoms with Gasteiger partial charge in [0.25, 0.3) is 0 Å². The van der Waals surface area contributed by atoms with E-state index in [1.54, 1.807) is 0 Å². The Morgan fingerprint density at radius 2 is 1.71 bits per heavy atom. The summed E-state index contributed by atoms with van der Waals surface area (Å²) in [6.07, 6.45) is -5.40. The standard InChI is InChI=1S/C7H3F5OS/c8-6(9,7(10,11)12)5-2-1-4(3-13)14-5/h1-3H. The van der Waals surface area contributed by atoms with Gasteiger partial charge in [0.1, 0.15) is 0 Å². The first kappa shape index (κ1) is 11.1. The minimum Gasteiger partial charge on any atom is -0.297 e. The minimum absolute atomic E-state index is 0.129. The van der Waals surface area contributed by atoms with E-state index in [-0.39, 0.29) is 22.5 Å². The maximum Gasteiger partial charge on any atom is 0.458 e. The van der Waals surface area contributed by atoms with Gasteiger partial charge in [-0.3, -0.25) is 4.79 Å². The zero-order chi connectivity index (χ0) is 11.0. The average molecular weight is 230 g/mol. The summed E-state index contributed by atoms with van der Waals surface area (Å²) in [5, 5.41) is 0. The molecule has 1 heterocycles. The second-order valence-corrected chi connectivity index (χ2v) is 3.51. The van der Waals surface area contributed by atoms with Crippen molar-refractivity contribution in [3.8, 4) is 0 Å². The van der Waals surface area contributed by atoms with Crippen LogP contribution in [0.5, 0.6) is 0 Å². The zero-order valence-electron chi connectivity index (χ0n) is 6.44. The molecular weight excluding hydrogens is 227 g/mol. The number of thiophene rings is 1. The van der Waals surface area contributed by atoms with E-state index in [0.717, 1.165) is 6.07 Å². The normalized spacial score (nSPS) is 12.9. The molecule has 0 aliphatic rings. The largest absolute Gasteiger partial charge is 0.458 e. The van der Waals surface area contributed by atoms with E-state index in [9.17, 15) is 26.7 Å². The van der Waals surface area contributed by atoms with Crippen LogP contribution in [0.3, 0.4) is 0 Å². The first-order chi connectivity index (χ1) is 6.29. The van der Waals surface area contributed by atoms with Crippen LogP contribution < -0.4 is 0 Å². The Balaban J connectivity index is 3.09. The molecule has 1 aromatic rings. The fourth-order valence-corrected chi connectivity index (χ4v) is 1.54. The molecule has 0 bridgehead atoms. The summed E-state index contributed by atoms with van der Waals surface area (Å²) in [4.78, 5) is 8.74. The van der Waals surface area contributed by atoms with Gasteiger partial charge in [-0.05, 0) is 12.1 Å². The van der Waals surface area contributed by atoms with Crippen LogP contribution in [0.2, 0.25) is 0 Å². The Morgan fingerprint density at radius 1 is 1.14 bits per heavy atom. The monoisotopic (exact) mass is 230 g/mol. The molecule has 0 aromatic carbocycles. The second kappa shape index (κ2) is 3.30. The maximum absolute atomic E-state index is 12.6. The van der Waals surface area contributed by atoms with E-state index < -0.39 is 17.0 Å². The molecule has 0 radical (unpaired) electrons. The summed E-state index contributed by atoms with van der Waals surface area (Å²) in [5.74, 6) is -4.89. The number of alkyl halides is 5. The molecule has 0 fully saturated rings. The highest BCUT2D eigenvalue weighted by Gasteiger charge is 2.59. The van der Waals surface area contributed by atoms with Gasteiger partial charge >= 0.3 is 12.1 Å². The fourth-order valence-electron chi connectivity index (χ4n) is 0.725. The Labute approximate surface area is 79.2 Å². The van der Waals surface area contributed by atoms with Gasteiger partial charge in [0.2, 0.25) is 0 Å². The Morgan fingerprint density at radius 3 is 2.07 bits per heavy atom. The smallest absolute Gasteiger partial charge is 0.297 e. The van der Waals surface area contributed by atoms with Gasteiger partial charge in [0, 0.05) is 0 Å². The molecule has 0 saturated carbocycles. The van der Waals surface area contributed by atoms with Crippen molar-refractivity contribution in [2.75, 3.05) is 0 Å². The second-order valence-electron chi connectivity index (χ2n) is 2.39. The lowest BCUT2D eigenvalue weighted by Crippen LogP contribution is -2.32. The molecule has 14 heavy (non-hydrogen) atoms. The van der Waals surface area contributed by atoms with Gasteiger partial charge in [0.05, 0.1) is 9.75 Å². The third-order valence-electron chi connectivity index (χ3n) is 1.41. The molecule has 1 rings (SSSR count). The number of rotatable bonds is 2. The van der Waals surface area contributed by atoms with Gasteiger partial charge in [-0.1, -0.05) is 0 Å². The summed E-state index contributed by atoms with van der Waals surface area (Å²) in [7, 11) is 0. The van der Waals surface area contributed by atoms with Crippen molar-refractivity contribution in [2.24, 2.45) is 0 Å². The number of hydrogen-bond donors (Lipinski definition) is 0. The SMILES string of the molecule is O=Cc1ccc(C(F)(F)C(F)(F)F)s1. The van der Waals surface area contributed by atoms with E-state index >= 15 is 0 Å². The minimum atomic E-state index is -5.63. The Kier molecular flexibility index (Phi) is 2.62. The Hall–Kier alpha value is -0.980. The topological polar surface area (TPSA) is 17.1 Å². The molecule has 7 heteroatoms. The predicted octanol–water partition coefficient (Wildman–Crippen LogP) is 3.21. The Bertz CT molecular complexity index is 340. The quantitative estimate of drug-likeness (QED) is 0.563. The molecule has 1 aromatic heterocycles. The number of hydrogen-bond acceptors (Lipinski definition) is 2. The van der Waals surface area contributed by atoms with Crippen molar-refractivity contribution in [1.82, 2.24) is 0 Å². The third-order valence-corrected chi connectivity index (χ3v) is 2.49. The fraction of sp³-hybridized carbons (Fsp3) is 0.286. The van der Waals surface area contributed by atoms with Gasteiger partial charge in [-0.15, -0.1) is 11.3 Å².